The summed E-state index contributed by atoms with van der Waals surface area (Å²) in [7, 11) is 0. The van der Waals surface area contributed by atoms with Crippen LogP contribution in [0.3, 0.4) is 0 Å². The maximum atomic E-state index is 12.4. The molecule has 1 amide bonds. The molecule has 2 rings (SSSR count). The molecule has 3 N–H and O–H groups in total. The van der Waals surface area contributed by atoms with Gasteiger partial charge in [0.2, 0.25) is 0 Å². The number of carbonyl (C=O) groups is 1. The smallest absolute Gasteiger partial charge is 0.257 e. The minimum absolute atomic E-state index is 0.0440. The van der Waals surface area contributed by atoms with Crippen LogP contribution in [0.15, 0.2) is 18.2 Å². The van der Waals surface area contributed by atoms with Crippen molar-refractivity contribution in [2.24, 2.45) is 5.73 Å². The van der Waals surface area contributed by atoms with Crippen molar-refractivity contribution < 1.29 is 9.90 Å². The van der Waals surface area contributed by atoms with Crippen LogP contribution in [0.5, 0.6) is 5.75 Å². The Morgan fingerprint density at radius 1 is 1.56 bits per heavy atom. The first-order chi connectivity index (χ1) is 8.49. The third-order valence-electron chi connectivity index (χ3n) is 3.37. The first kappa shape index (κ1) is 13.6. The van der Waals surface area contributed by atoms with Crippen LogP contribution in [0.25, 0.3) is 0 Å². The zero-order chi connectivity index (χ0) is 13.3. The minimum atomic E-state index is -0.106. The molecule has 0 radical (unpaired) electrons. The van der Waals surface area contributed by atoms with Crippen molar-refractivity contribution in [3.63, 3.8) is 0 Å². The largest absolute Gasteiger partial charge is 0.507 e. The molecule has 1 aromatic carbocycles. The highest BCUT2D eigenvalue weighted by molar-refractivity contribution is 14.1. The highest BCUT2D eigenvalue weighted by Crippen LogP contribution is 2.25. The molecule has 4 nitrogen and oxygen atoms in total. The van der Waals surface area contributed by atoms with Gasteiger partial charge in [0.1, 0.15) is 5.75 Å². The molecule has 2 atom stereocenters. The molecule has 1 heterocycles. The summed E-state index contributed by atoms with van der Waals surface area (Å²) in [6.07, 6.45) is 1.64. The number of hydrogen-bond acceptors (Lipinski definition) is 3. The molecule has 1 aliphatic heterocycles. The molecule has 1 aliphatic rings. The van der Waals surface area contributed by atoms with Crippen LogP contribution >= 0.6 is 22.6 Å². The van der Waals surface area contributed by atoms with E-state index in [0.717, 1.165) is 16.4 Å². The van der Waals surface area contributed by atoms with Gasteiger partial charge in [-0.15, -0.1) is 0 Å². The number of phenols is 1. The monoisotopic (exact) mass is 360 g/mol. The number of halogens is 1. The molecule has 18 heavy (non-hydrogen) atoms. The number of rotatable bonds is 1. The van der Waals surface area contributed by atoms with E-state index in [-0.39, 0.29) is 23.7 Å². The van der Waals surface area contributed by atoms with Crippen LogP contribution in [0.4, 0.5) is 0 Å². The summed E-state index contributed by atoms with van der Waals surface area (Å²) < 4.78 is 0.940. The van der Waals surface area contributed by atoms with Crippen LogP contribution in [-0.2, 0) is 0 Å². The van der Waals surface area contributed by atoms with Gasteiger partial charge in [-0.3, -0.25) is 4.79 Å². The maximum Gasteiger partial charge on any atom is 0.257 e. The number of amides is 1. The summed E-state index contributed by atoms with van der Waals surface area (Å²) in [5, 5.41) is 9.80. The lowest BCUT2D eigenvalue weighted by atomic mass is 9.98. The van der Waals surface area contributed by atoms with E-state index in [1.165, 1.54) is 0 Å². The highest BCUT2D eigenvalue weighted by atomic mass is 127. The van der Waals surface area contributed by atoms with Gasteiger partial charge >= 0.3 is 0 Å². The Balaban J connectivity index is 2.23. The zero-order valence-electron chi connectivity index (χ0n) is 10.3. The number of benzene rings is 1. The molecule has 5 heteroatoms. The van der Waals surface area contributed by atoms with Crippen molar-refractivity contribution in [2.45, 2.75) is 31.8 Å². The number of nitrogens with zero attached hydrogens (tertiary/aromatic N) is 1. The molecule has 1 aromatic rings. The maximum absolute atomic E-state index is 12.4. The fourth-order valence-corrected chi connectivity index (χ4v) is 2.84. The molecule has 2 unspecified atom stereocenters. The van der Waals surface area contributed by atoms with E-state index in [1.54, 1.807) is 23.1 Å². The van der Waals surface area contributed by atoms with Crippen LogP contribution < -0.4 is 5.73 Å². The Morgan fingerprint density at radius 3 is 2.94 bits per heavy atom. The molecular weight excluding hydrogens is 343 g/mol. The number of nitrogens with two attached hydrogens (primary N) is 1. The van der Waals surface area contributed by atoms with E-state index in [1.807, 2.05) is 6.92 Å². The van der Waals surface area contributed by atoms with Crippen LogP contribution in [0.2, 0.25) is 0 Å². The second-order valence-electron chi connectivity index (χ2n) is 4.79. The second-order valence-corrected chi connectivity index (χ2v) is 6.04. The van der Waals surface area contributed by atoms with E-state index in [0.29, 0.717) is 12.1 Å². The number of likely N-dealkylation sites (tertiary alicyclic amines) is 1. The van der Waals surface area contributed by atoms with Crippen molar-refractivity contribution in [2.75, 3.05) is 6.54 Å². The van der Waals surface area contributed by atoms with Gasteiger partial charge in [0, 0.05) is 22.2 Å². The molecule has 0 aliphatic carbocycles. The molecule has 1 saturated heterocycles. The lowest BCUT2D eigenvalue weighted by molar-refractivity contribution is 0.0616. The molecule has 0 aromatic heterocycles. The first-order valence-corrected chi connectivity index (χ1v) is 7.12. The molecule has 0 spiro atoms. The van der Waals surface area contributed by atoms with Crippen LogP contribution in [0.1, 0.15) is 30.1 Å². The van der Waals surface area contributed by atoms with E-state index in [4.69, 9.17) is 5.73 Å². The number of phenolic OH excluding ortho intramolecular Hbond substituents is 1. The quantitative estimate of drug-likeness (QED) is 0.753. The lowest BCUT2D eigenvalue weighted by Gasteiger charge is -2.36. The Bertz CT molecular complexity index is 464. The van der Waals surface area contributed by atoms with Gasteiger partial charge < -0.3 is 15.7 Å². The minimum Gasteiger partial charge on any atom is -0.507 e. The normalized spacial score (nSPS) is 24.1. The van der Waals surface area contributed by atoms with Gasteiger partial charge in [-0.25, -0.2) is 0 Å². The summed E-state index contributed by atoms with van der Waals surface area (Å²) in [4.78, 5) is 14.2. The Kier molecular flexibility index (Phi) is 4.11. The van der Waals surface area contributed by atoms with E-state index in [9.17, 15) is 9.90 Å². The summed E-state index contributed by atoms with van der Waals surface area (Å²) in [5.74, 6) is -0.0621. The Morgan fingerprint density at radius 2 is 2.28 bits per heavy atom. The summed E-state index contributed by atoms with van der Waals surface area (Å²) >= 11 is 2.13. The average molecular weight is 360 g/mol. The average Bonchev–Trinajstić information content (AvgIpc) is 2.31. The van der Waals surface area contributed by atoms with E-state index >= 15 is 0 Å². The van der Waals surface area contributed by atoms with Crippen molar-refractivity contribution >= 4 is 28.5 Å². The van der Waals surface area contributed by atoms with E-state index in [2.05, 4.69) is 22.6 Å². The van der Waals surface area contributed by atoms with Gasteiger partial charge in [0.05, 0.1) is 5.56 Å². The van der Waals surface area contributed by atoms with Gasteiger partial charge in [0.25, 0.3) is 5.91 Å². The highest BCUT2D eigenvalue weighted by Gasteiger charge is 2.28. The predicted octanol–water partition coefficient (Wildman–Crippen LogP) is 1.95. The topological polar surface area (TPSA) is 66.6 Å². The standard InChI is InChI=1S/C13H17IN2O2/c1-8-6-10(15)4-5-16(8)13(18)11-7-9(14)2-3-12(11)17/h2-3,7-8,10,17H,4-6,15H2,1H3. The third kappa shape index (κ3) is 2.77. The zero-order valence-corrected chi connectivity index (χ0v) is 12.4. The molecule has 98 valence electrons. The predicted molar refractivity (Wildman–Crippen MR) is 78.5 cm³/mol. The van der Waals surface area contributed by atoms with Gasteiger partial charge in [-0.05, 0) is 60.6 Å². The van der Waals surface area contributed by atoms with Crippen molar-refractivity contribution in [3.05, 3.63) is 27.3 Å². The van der Waals surface area contributed by atoms with Crippen molar-refractivity contribution in [1.82, 2.24) is 4.90 Å². The number of aromatic hydroxyl groups is 1. The molecule has 0 bridgehead atoms. The third-order valence-corrected chi connectivity index (χ3v) is 4.04. The van der Waals surface area contributed by atoms with Crippen LogP contribution in [0, 0.1) is 3.57 Å². The first-order valence-electron chi connectivity index (χ1n) is 6.04. The van der Waals surface area contributed by atoms with Gasteiger partial charge in [-0.2, -0.15) is 0 Å². The van der Waals surface area contributed by atoms with Crippen molar-refractivity contribution in [1.29, 1.82) is 0 Å². The fourth-order valence-electron chi connectivity index (χ4n) is 2.34. The van der Waals surface area contributed by atoms with Gasteiger partial charge in [0.15, 0.2) is 0 Å². The van der Waals surface area contributed by atoms with E-state index < -0.39 is 0 Å². The number of carbonyl (C=O) groups excluding carboxylic acids is 1. The summed E-state index contributed by atoms with van der Waals surface area (Å²) in [6.45, 7) is 2.66. The van der Waals surface area contributed by atoms with Crippen molar-refractivity contribution in [3.8, 4) is 5.75 Å². The summed E-state index contributed by atoms with van der Waals surface area (Å²) in [5.41, 5.74) is 6.27. The van der Waals surface area contributed by atoms with Crippen LogP contribution in [-0.4, -0.2) is 34.5 Å². The molecular formula is C13H17IN2O2. The summed E-state index contributed by atoms with van der Waals surface area (Å²) in [6, 6.07) is 5.36. The lowest BCUT2D eigenvalue weighted by Crippen LogP contribution is -2.48. The molecule has 0 saturated carbocycles. The Labute approximate surface area is 120 Å². The Hall–Kier alpha value is -0.820. The van der Waals surface area contributed by atoms with Gasteiger partial charge in [-0.1, -0.05) is 0 Å². The number of piperidine rings is 1. The molecule has 1 fully saturated rings. The SMILES string of the molecule is CC1CC(N)CCN1C(=O)c1cc(I)ccc1O. The number of hydrogen-bond donors (Lipinski definition) is 2. The second kappa shape index (κ2) is 5.44. The fraction of sp³-hybridized carbons (Fsp3) is 0.462.